The molecular weight excluding hydrogens is 399 g/mol. The molecule has 2 aromatic heterocycles. The molecule has 0 aliphatic rings. The van der Waals surface area contributed by atoms with E-state index in [-0.39, 0.29) is 23.5 Å². The van der Waals surface area contributed by atoms with Gasteiger partial charge in [0.05, 0.1) is 18.0 Å². The Hall–Kier alpha value is -4.04. The van der Waals surface area contributed by atoms with E-state index in [9.17, 15) is 19.1 Å². The zero-order chi connectivity index (χ0) is 21.8. The number of aliphatic hydroxyl groups excluding tert-OH is 1. The zero-order valence-corrected chi connectivity index (χ0v) is 16.3. The zero-order valence-electron chi connectivity index (χ0n) is 16.3. The van der Waals surface area contributed by atoms with Crippen molar-refractivity contribution >= 4 is 23.1 Å². The number of fused-ring (bicyclic) bond motifs is 1. The van der Waals surface area contributed by atoms with Crippen molar-refractivity contribution in [3.8, 4) is 0 Å². The van der Waals surface area contributed by atoms with Crippen LogP contribution < -0.4 is 10.6 Å². The normalized spacial score (nSPS) is 11.8. The van der Waals surface area contributed by atoms with Gasteiger partial charge in [0.15, 0.2) is 0 Å². The van der Waals surface area contributed by atoms with Crippen LogP contribution in [0.25, 0.3) is 5.65 Å². The molecule has 4 aromatic rings. The summed E-state index contributed by atoms with van der Waals surface area (Å²) in [5.41, 5.74) is 1.50. The number of hydrogen-bond acceptors (Lipinski definition) is 4. The maximum absolute atomic E-state index is 14.3. The number of aliphatic hydroxyl groups is 1. The molecule has 0 bridgehead atoms. The molecule has 2 aromatic carbocycles. The number of imidazole rings is 1. The number of nitrogens with one attached hydrogen (secondary N) is 2. The van der Waals surface area contributed by atoms with E-state index in [0.29, 0.717) is 11.2 Å². The number of anilines is 1. The van der Waals surface area contributed by atoms with Gasteiger partial charge in [0.25, 0.3) is 11.8 Å². The number of benzene rings is 2. The van der Waals surface area contributed by atoms with Gasteiger partial charge >= 0.3 is 0 Å². The third-order valence-electron chi connectivity index (χ3n) is 4.77. The molecule has 0 radical (unpaired) electrons. The predicted molar refractivity (Wildman–Crippen MR) is 113 cm³/mol. The number of aromatic nitrogens is 2. The van der Waals surface area contributed by atoms with Crippen LogP contribution in [0.2, 0.25) is 0 Å². The van der Waals surface area contributed by atoms with Gasteiger partial charge in [-0.15, -0.1) is 0 Å². The van der Waals surface area contributed by atoms with Gasteiger partial charge in [-0.2, -0.15) is 0 Å². The molecule has 0 spiro atoms. The van der Waals surface area contributed by atoms with Crippen molar-refractivity contribution in [2.24, 2.45) is 0 Å². The van der Waals surface area contributed by atoms with Crippen LogP contribution in [0.5, 0.6) is 0 Å². The number of rotatable bonds is 6. The van der Waals surface area contributed by atoms with Gasteiger partial charge < -0.3 is 15.7 Å². The Kier molecular flexibility index (Phi) is 5.72. The summed E-state index contributed by atoms with van der Waals surface area (Å²) in [5, 5.41) is 15.3. The highest BCUT2D eigenvalue weighted by atomic mass is 19.1. The fourth-order valence-corrected chi connectivity index (χ4v) is 3.13. The van der Waals surface area contributed by atoms with Gasteiger partial charge in [-0.3, -0.25) is 14.0 Å². The summed E-state index contributed by atoms with van der Waals surface area (Å²) in [6, 6.07) is 17.9. The Morgan fingerprint density at radius 2 is 1.81 bits per heavy atom. The molecule has 31 heavy (non-hydrogen) atoms. The lowest BCUT2D eigenvalue weighted by Gasteiger charge is -2.13. The van der Waals surface area contributed by atoms with Crippen molar-refractivity contribution in [1.29, 1.82) is 0 Å². The lowest BCUT2D eigenvalue weighted by atomic mass is 10.1. The lowest BCUT2D eigenvalue weighted by Crippen LogP contribution is -2.28. The first-order chi connectivity index (χ1) is 15.0. The van der Waals surface area contributed by atoms with E-state index in [1.807, 2.05) is 6.07 Å². The van der Waals surface area contributed by atoms with Crippen molar-refractivity contribution in [2.75, 3.05) is 11.9 Å². The van der Waals surface area contributed by atoms with E-state index in [1.54, 1.807) is 53.1 Å². The van der Waals surface area contributed by atoms with E-state index in [4.69, 9.17) is 0 Å². The second-order valence-corrected chi connectivity index (χ2v) is 6.86. The molecule has 156 valence electrons. The van der Waals surface area contributed by atoms with Crippen LogP contribution in [0.1, 0.15) is 32.5 Å². The van der Waals surface area contributed by atoms with Crippen LogP contribution in [0.15, 0.2) is 79.1 Å². The third kappa shape index (κ3) is 4.44. The first kappa shape index (κ1) is 20.2. The summed E-state index contributed by atoms with van der Waals surface area (Å²) in [4.78, 5) is 29.2. The highest BCUT2D eigenvalue weighted by molar-refractivity contribution is 6.04. The number of hydrogen-bond donors (Lipinski definition) is 3. The number of nitrogens with zero attached hydrogens (tertiary/aromatic N) is 2. The van der Waals surface area contributed by atoms with Gasteiger partial charge in [0.2, 0.25) is 0 Å². The first-order valence-electron chi connectivity index (χ1n) is 9.57. The number of amides is 2. The van der Waals surface area contributed by atoms with Crippen molar-refractivity contribution < 1.29 is 19.1 Å². The summed E-state index contributed by atoms with van der Waals surface area (Å²) >= 11 is 0. The van der Waals surface area contributed by atoms with Crippen LogP contribution in [0.4, 0.5) is 10.1 Å². The molecule has 7 nitrogen and oxygen atoms in total. The second-order valence-electron chi connectivity index (χ2n) is 6.86. The van der Waals surface area contributed by atoms with Crippen LogP contribution in [0, 0.1) is 5.82 Å². The number of pyridine rings is 1. The molecule has 3 N–H and O–H groups in total. The molecule has 4 rings (SSSR count). The number of carbonyl (C=O) groups is 2. The molecule has 0 aliphatic carbocycles. The van der Waals surface area contributed by atoms with Crippen molar-refractivity contribution in [1.82, 2.24) is 14.7 Å². The maximum Gasteiger partial charge on any atom is 0.274 e. The molecular formula is C23H19FN4O3. The van der Waals surface area contributed by atoms with E-state index >= 15 is 0 Å². The third-order valence-corrected chi connectivity index (χ3v) is 4.77. The number of carbonyl (C=O) groups excluding carboxylic acids is 2. The molecule has 8 heteroatoms. The Labute approximate surface area is 177 Å². The summed E-state index contributed by atoms with van der Waals surface area (Å²) in [6.45, 7) is -0.0102. The average Bonchev–Trinajstić information content (AvgIpc) is 3.23. The largest absolute Gasteiger partial charge is 0.387 e. The lowest BCUT2D eigenvalue weighted by molar-refractivity contribution is 0.0915. The van der Waals surface area contributed by atoms with E-state index in [1.165, 1.54) is 18.3 Å². The Bertz CT molecular complexity index is 1240. The minimum Gasteiger partial charge on any atom is -0.387 e. The van der Waals surface area contributed by atoms with E-state index in [2.05, 4.69) is 15.6 Å². The van der Waals surface area contributed by atoms with Crippen molar-refractivity contribution in [3.63, 3.8) is 0 Å². The van der Waals surface area contributed by atoms with Gasteiger partial charge in [-0.25, -0.2) is 9.37 Å². The summed E-state index contributed by atoms with van der Waals surface area (Å²) in [7, 11) is 0. The van der Waals surface area contributed by atoms with Crippen LogP contribution in [-0.4, -0.2) is 32.9 Å². The monoisotopic (exact) mass is 418 g/mol. The minimum atomic E-state index is -0.875. The fourth-order valence-electron chi connectivity index (χ4n) is 3.13. The summed E-state index contributed by atoms with van der Waals surface area (Å²) in [5.74, 6) is -1.74. The Morgan fingerprint density at radius 1 is 1.03 bits per heavy atom. The Balaban J connectivity index is 1.46. The van der Waals surface area contributed by atoms with Gasteiger partial charge in [0.1, 0.15) is 17.2 Å². The van der Waals surface area contributed by atoms with Gasteiger partial charge in [0, 0.05) is 18.3 Å². The second kappa shape index (κ2) is 8.76. The molecule has 2 heterocycles. The first-order valence-corrected chi connectivity index (χ1v) is 9.57. The van der Waals surface area contributed by atoms with Crippen LogP contribution >= 0.6 is 0 Å². The molecule has 0 unspecified atom stereocenters. The SMILES string of the molecule is O=C(NC[C@H](O)c1ccccc1)c1ccc(F)c(NC(=O)c2cnc3ccccn23)c1. The molecule has 0 saturated carbocycles. The molecule has 0 aliphatic heterocycles. The number of halogens is 1. The van der Waals surface area contributed by atoms with Crippen molar-refractivity contribution in [3.05, 3.63) is 102 Å². The van der Waals surface area contributed by atoms with Crippen LogP contribution in [-0.2, 0) is 0 Å². The topological polar surface area (TPSA) is 95.7 Å². The molecule has 1 atom stereocenters. The molecule has 2 amide bonds. The summed E-state index contributed by atoms with van der Waals surface area (Å²) < 4.78 is 15.9. The Morgan fingerprint density at radius 3 is 2.61 bits per heavy atom. The van der Waals surface area contributed by atoms with E-state index in [0.717, 1.165) is 6.07 Å². The van der Waals surface area contributed by atoms with Crippen LogP contribution in [0.3, 0.4) is 0 Å². The fraction of sp³-hybridized carbons (Fsp3) is 0.0870. The maximum atomic E-state index is 14.3. The summed E-state index contributed by atoms with van der Waals surface area (Å²) in [6.07, 6.45) is 2.19. The van der Waals surface area contributed by atoms with E-state index < -0.39 is 23.7 Å². The standard InChI is InChI=1S/C23H19FN4O3/c24-17-10-9-16(22(30)26-14-20(29)15-6-2-1-3-7-15)12-18(17)27-23(31)19-13-25-21-8-4-5-11-28(19)21/h1-13,20,29H,14H2,(H,26,30)(H,27,31)/t20-/m0/s1. The minimum absolute atomic E-state index is 0.0102. The highest BCUT2D eigenvalue weighted by Gasteiger charge is 2.16. The average molecular weight is 418 g/mol. The highest BCUT2D eigenvalue weighted by Crippen LogP contribution is 2.18. The van der Waals surface area contributed by atoms with Gasteiger partial charge in [-0.1, -0.05) is 36.4 Å². The smallest absolute Gasteiger partial charge is 0.274 e. The van der Waals surface area contributed by atoms with Gasteiger partial charge in [-0.05, 0) is 35.9 Å². The predicted octanol–water partition coefficient (Wildman–Crippen LogP) is 3.19. The molecule has 0 saturated heterocycles. The molecule has 0 fully saturated rings. The van der Waals surface area contributed by atoms with Crippen molar-refractivity contribution in [2.45, 2.75) is 6.10 Å². The quantitative estimate of drug-likeness (QED) is 0.448.